The third-order valence-corrected chi connectivity index (χ3v) is 3.44. The van der Waals surface area contributed by atoms with Crippen LogP contribution in [-0.2, 0) is 15.1 Å². The Morgan fingerprint density at radius 1 is 1.40 bits per heavy atom. The summed E-state index contributed by atoms with van der Waals surface area (Å²) >= 11 is 0. The molecule has 1 aromatic carbocycles. The van der Waals surface area contributed by atoms with Crippen LogP contribution in [-0.4, -0.2) is 48.8 Å². The van der Waals surface area contributed by atoms with Crippen LogP contribution in [0.25, 0.3) is 0 Å². The zero-order chi connectivity index (χ0) is 15.2. The van der Waals surface area contributed by atoms with E-state index in [4.69, 9.17) is 10.5 Å². The van der Waals surface area contributed by atoms with E-state index in [1.165, 1.54) is 0 Å². The number of hydrogen-bond acceptors (Lipinski definition) is 4. The van der Waals surface area contributed by atoms with E-state index < -0.39 is 11.5 Å². The van der Waals surface area contributed by atoms with Crippen LogP contribution >= 0.6 is 0 Å². The Labute approximate surface area is 120 Å². The van der Waals surface area contributed by atoms with Crippen molar-refractivity contribution in [1.82, 2.24) is 4.90 Å². The maximum Gasteiger partial charge on any atom is 0.329 e. The molecule has 20 heavy (non-hydrogen) atoms. The van der Waals surface area contributed by atoms with Gasteiger partial charge in [0, 0.05) is 26.2 Å². The summed E-state index contributed by atoms with van der Waals surface area (Å²) in [7, 11) is 1.63. The predicted octanol–water partition coefficient (Wildman–Crippen LogP) is 1.28. The molecular formula is C15H24N2O3. The molecule has 0 radical (unpaired) electrons. The summed E-state index contributed by atoms with van der Waals surface area (Å²) in [5.74, 6) is -1.02. The number of nitrogens with zero attached hydrogens (tertiary/aromatic N) is 1. The molecule has 0 heterocycles. The monoisotopic (exact) mass is 280 g/mol. The minimum atomic E-state index is -1.42. The molecule has 5 nitrogen and oxygen atoms in total. The van der Waals surface area contributed by atoms with E-state index in [1.54, 1.807) is 31.4 Å². The smallest absolute Gasteiger partial charge is 0.329 e. The van der Waals surface area contributed by atoms with Crippen LogP contribution in [0, 0.1) is 0 Å². The fourth-order valence-corrected chi connectivity index (χ4v) is 2.07. The molecule has 112 valence electrons. The van der Waals surface area contributed by atoms with E-state index in [0.29, 0.717) is 18.7 Å². The minimum Gasteiger partial charge on any atom is -0.480 e. The Bertz CT molecular complexity index is 422. The third kappa shape index (κ3) is 4.03. The van der Waals surface area contributed by atoms with Gasteiger partial charge >= 0.3 is 5.97 Å². The highest BCUT2D eigenvalue weighted by molar-refractivity contribution is 5.80. The summed E-state index contributed by atoms with van der Waals surface area (Å²) in [6.07, 6.45) is 0. The number of aliphatic carboxylic acids is 1. The molecule has 1 aromatic rings. The fourth-order valence-electron chi connectivity index (χ4n) is 2.07. The standard InChI is InChI=1S/C15H24N2O3/c1-12(2)17(9-10-20-3)11-15(16,14(18)19)13-7-5-4-6-8-13/h4-8,12H,9-11,16H2,1-3H3,(H,18,19). The topological polar surface area (TPSA) is 75.8 Å². The lowest BCUT2D eigenvalue weighted by atomic mass is 9.90. The van der Waals surface area contributed by atoms with Crippen LogP contribution in [0.5, 0.6) is 0 Å². The maximum atomic E-state index is 11.7. The van der Waals surface area contributed by atoms with Gasteiger partial charge in [-0.1, -0.05) is 30.3 Å². The van der Waals surface area contributed by atoms with Gasteiger partial charge < -0.3 is 15.6 Å². The zero-order valence-electron chi connectivity index (χ0n) is 12.4. The van der Waals surface area contributed by atoms with Gasteiger partial charge in [0.25, 0.3) is 0 Å². The lowest BCUT2D eigenvalue weighted by molar-refractivity contribution is -0.144. The molecule has 1 atom stereocenters. The van der Waals surface area contributed by atoms with Crippen LogP contribution in [0.1, 0.15) is 19.4 Å². The molecule has 0 aliphatic heterocycles. The van der Waals surface area contributed by atoms with Crippen LogP contribution < -0.4 is 5.73 Å². The van der Waals surface area contributed by atoms with Gasteiger partial charge in [-0.25, -0.2) is 4.79 Å². The van der Waals surface area contributed by atoms with E-state index in [1.807, 2.05) is 24.8 Å². The molecule has 0 saturated carbocycles. The molecule has 0 aromatic heterocycles. The number of hydrogen-bond donors (Lipinski definition) is 2. The summed E-state index contributed by atoms with van der Waals surface area (Å²) in [5, 5.41) is 9.56. The van der Waals surface area contributed by atoms with Crippen molar-refractivity contribution in [1.29, 1.82) is 0 Å². The Morgan fingerprint density at radius 3 is 2.45 bits per heavy atom. The first-order chi connectivity index (χ1) is 9.41. The van der Waals surface area contributed by atoms with Gasteiger partial charge in [-0.2, -0.15) is 0 Å². The van der Waals surface area contributed by atoms with Gasteiger partial charge in [-0.3, -0.25) is 4.90 Å². The molecule has 1 rings (SSSR count). The molecule has 0 aliphatic rings. The Hall–Kier alpha value is -1.43. The van der Waals surface area contributed by atoms with Crippen LogP contribution in [0.15, 0.2) is 30.3 Å². The Balaban J connectivity index is 2.98. The summed E-state index contributed by atoms with van der Waals surface area (Å²) in [4.78, 5) is 13.7. The third-order valence-electron chi connectivity index (χ3n) is 3.44. The number of carbonyl (C=O) groups is 1. The molecule has 0 saturated heterocycles. The summed E-state index contributed by atoms with van der Waals surface area (Å²) < 4.78 is 5.07. The van der Waals surface area contributed by atoms with Crippen LogP contribution in [0.2, 0.25) is 0 Å². The first kappa shape index (κ1) is 16.6. The molecule has 0 aliphatic carbocycles. The van der Waals surface area contributed by atoms with Gasteiger partial charge in [0.2, 0.25) is 0 Å². The molecule has 0 amide bonds. The molecule has 1 unspecified atom stereocenters. The molecular weight excluding hydrogens is 256 g/mol. The molecule has 0 fully saturated rings. The van der Waals surface area contributed by atoms with Gasteiger partial charge in [-0.05, 0) is 19.4 Å². The second-order valence-electron chi connectivity index (χ2n) is 5.20. The van der Waals surface area contributed by atoms with E-state index in [9.17, 15) is 9.90 Å². The number of benzene rings is 1. The maximum absolute atomic E-state index is 11.7. The van der Waals surface area contributed by atoms with Crippen molar-refractivity contribution in [2.75, 3.05) is 26.8 Å². The van der Waals surface area contributed by atoms with Crippen molar-refractivity contribution in [3.8, 4) is 0 Å². The van der Waals surface area contributed by atoms with Gasteiger partial charge in [-0.15, -0.1) is 0 Å². The van der Waals surface area contributed by atoms with E-state index in [-0.39, 0.29) is 12.6 Å². The van der Waals surface area contributed by atoms with Crippen molar-refractivity contribution in [3.05, 3.63) is 35.9 Å². The van der Waals surface area contributed by atoms with Crippen LogP contribution in [0.3, 0.4) is 0 Å². The zero-order valence-corrected chi connectivity index (χ0v) is 12.4. The van der Waals surface area contributed by atoms with E-state index in [2.05, 4.69) is 0 Å². The van der Waals surface area contributed by atoms with Gasteiger partial charge in [0.05, 0.1) is 6.61 Å². The highest BCUT2D eigenvalue weighted by atomic mass is 16.5. The fraction of sp³-hybridized carbons (Fsp3) is 0.533. The van der Waals surface area contributed by atoms with E-state index in [0.717, 1.165) is 0 Å². The number of rotatable bonds is 8. The highest BCUT2D eigenvalue weighted by Crippen LogP contribution is 2.21. The lowest BCUT2D eigenvalue weighted by Crippen LogP contribution is -2.55. The summed E-state index contributed by atoms with van der Waals surface area (Å²) in [6.45, 7) is 5.47. The minimum absolute atomic E-state index is 0.191. The summed E-state index contributed by atoms with van der Waals surface area (Å²) in [5.41, 5.74) is 5.38. The SMILES string of the molecule is COCCN(CC(N)(C(=O)O)c1ccccc1)C(C)C. The largest absolute Gasteiger partial charge is 0.480 e. The average Bonchev–Trinajstić information content (AvgIpc) is 2.43. The summed E-state index contributed by atoms with van der Waals surface area (Å²) in [6, 6.07) is 9.14. The molecule has 0 spiro atoms. The molecule has 0 bridgehead atoms. The molecule has 5 heteroatoms. The Morgan fingerprint density at radius 2 is 2.00 bits per heavy atom. The van der Waals surface area contributed by atoms with Gasteiger partial charge in [0.15, 0.2) is 5.54 Å². The number of carboxylic acid groups (broad SMARTS) is 1. The van der Waals surface area contributed by atoms with Crippen molar-refractivity contribution >= 4 is 5.97 Å². The normalized spacial score (nSPS) is 14.5. The second kappa shape index (κ2) is 7.38. The van der Waals surface area contributed by atoms with Gasteiger partial charge in [0.1, 0.15) is 0 Å². The number of methoxy groups -OCH3 is 1. The van der Waals surface area contributed by atoms with Crippen molar-refractivity contribution in [3.63, 3.8) is 0 Å². The van der Waals surface area contributed by atoms with Crippen LogP contribution in [0.4, 0.5) is 0 Å². The quantitative estimate of drug-likeness (QED) is 0.750. The Kier molecular flexibility index (Phi) is 6.13. The number of ether oxygens (including phenoxy) is 1. The predicted molar refractivity (Wildman–Crippen MR) is 78.5 cm³/mol. The lowest BCUT2D eigenvalue weighted by Gasteiger charge is -2.34. The van der Waals surface area contributed by atoms with Crippen molar-refractivity contribution < 1.29 is 14.6 Å². The first-order valence-corrected chi connectivity index (χ1v) is 6.72. The number of carboxylic acids is 1. The molecule has 3 N–H and O–H groups in total. The van der Waals surface area contributed by atoms with Crippen molar-refractivity contribution in [2.24, 2.45) is 5.73 Å². The van der Waals surface area contributed by atoms with Crippen molar-refractivity contribution in [2.45, 2.75) is 25.4 Å². The first-order valence-electron chi connectivity index (χ1n) is 6.72. The van der Waals surface area contributed by atoms with E-state index >= 15 is 0 Å². The second-order valence-corrected chi connectivity index (χ2v) is 5.20. The number of nitrogens with two attached hydrogens (primary N) is 1. The average molecular weight is 280 g/mol. The highest BCUT2D eigenvalue weighted by Gasteiger charge is 2.38.